The number of nitrogens with one attached hydrogen (secondary N) is 2. The van der Waals surface area contributed by atoms with Gasteiger partial charge in [0.15, 0.2) is 0 Å². The molecule has 3 N–H and O–H groups in total. The van der Waals surface area contributed by atoms with E-state index in [-0.39, 0.29) is 18.0 Å². The molecule has 2 aromatic rings. The molecule has 1 aromatic heterocycles. The van der Waals surface area contributed by atoms with Gasteiger partial charge in [-0.3, -0.25) is 4.98 Å². The van der Waals surface area contributed by atoms with Gasteiger partial charge in [0.1, 0.15) is 0 Å². The number of rotatable bonds is 6. The van der Waals surface area contributed by atoms with Crippen molar-refractivity contribution >= 4 is 6.03 Å². The summed E-state index contributed by atoms with van der Waals surface area (Å²) < 4.78 is 0. The van der Waals surface area contributed by atoms with Crippen LogP contribution < -0.4 is 10.6 Å². The zero-order valence-corrected chi connectivity index (χ0v) is 15.1. The highest BCUT2D eigenvalue weighted by Crippen LogP contribution is 2.23. The largest absolute Gasteiger partial charge is 0.387 e. The number of aromatic nitrogens is 1. The van der Waals surface area contributed by atoms with Crippen molar-refractivity contribution < 1.29 is 9.90 Å². The Balaban J connectivity index is 1.73. The fourth-order valence-electron chi connectivity index (χ4n) is 2.43. The van der Waals surface area contributed by atoms with Crippen LogP contribution in [-0.4, -0.2) is 29.2 Å². The van der Waals surface area contributed by atoms with E-state index in [4.69, 9.17) is 0 Å². The predicted molar refractivity (Wildman–Crippen MR) is 99.4 cm³/mol. The number of carbonyl (C=O) groups is 1. The van der Waals surface area contributed by atoms with Gasteiger partial charge >= 0.3 is 6.03 Å². The van der Waals surface area contributed by atoms with Crippen molar-refractivity contribution in [3.8, 4) is 0 Å². The molecular formula is C20H27N3O2. The lowest BCUT2D eigenvalue weighted by atomic mass is 9.86. The van der Waals surface area contributed by atoms with Gasteiger partial charge in [0.25, 0.3) is 0 Å². The van der Waals surface area contributed by atoms with Gasteiger partial charge in [0.05, 0.1) is 6.10 Å². The highest BCUT2D eigenvalue weighted by atomic mass is 16.3. The van der Waals surface area contributed by atoms with Gasteiger partial charge in [-0.05, 0) is 28.7 Å². The monoisotopic (exact) mass is 341 g/mol. The van der Waals surface area contributed by atoms with Crippen molar-refractivity contribution in [2.24, 2.45) is 0 Å². The molecule has 2 rings (SSSR count). The van der Waals surface area contributed by atoms with Gasteiger partial charge in [0.2, 0.25) is 0 Å². The van der Waals surface area contributed by atoms with Crippen LogP contribution in [0.4, 0.5) is 4.79 Å². The van der Waals surface area contributed by atoms with E-state index in [0.717, 1.165) is 11.3 Å². The number of aliphatic hydroxyl groups is 1. The summed E-state index contributed by atoms with van der Waals surface area (Å²) in [4.78, 5) is 16.0. The summed E-state index contributed by atoms with van der Waals surface area (Å²) in [7, 11) is 0. The molecule has 0 saturated carbocycles. The quantitative estimate of drug-likeness (QED) is 0.756. The summed E-state index contributed by atoms with van der Waals surface area (Å²) >= 11 is 0. The summed E-state index contributed by atoms with van der Waals surface area (Å²) in [6.45, 7) is 7.11. The van der Waals surface area contributed by atoms with Crippen LogP contribution in [0.15, 0.2) is 48.7 Å². The second-order valence-corrected chi connectivity index (χ2v) is 7.10. The zero-order valence-electron chi connectivity index (χ0n) is 15.1. The lowest BCUT2D eigenvalue weighted by molar-refractivity contribution is 0.173. The van der Waals surface area contributed by atoms with Gasteiger partial charge in [-0.15, -0.1) is 0 Å². The first-order valence-electron chi connectivity index (χ1n) is 8.56. The van der Waals surface area contributed by atoms with Gasteiger partial charge in [-0.2, -0.15) is 0 Å². The van der Waals surface area contributed by atoms with Crippen LogP contribution in [0.5, 0.6) is 0 Å². The van der Waals surface area contributed by atoms with Crippen LogP contribution in [0, 0.1) is 0 Å². The molecule has 1 aromatic carbocycles. The van der Waals surface area contributed by atoms with Crippen molar-refractivity contribution in [1.82, 2.24) is 15.6 Å². The third-order valence-corrected chi connectivity index (χ3v) is 4.01. The SMILES string of the molecule is CC(C)(C)c1ccc([C@H](O)CNC(=O)NCCc2ccccn2)cc1. The highest BCUT2D eigenvalue weighted by Gasteiger charge is 2.15. The third-order valence-electron chi connectivity index (χ3n) is 4.01. The molecule has 2 amide bonds. The Morgan fingerprint density at radius 3 is 2.44 bits per heavy atom. The number of amides is 2. The highest BCUT2D eigenvalue weighted by molar-refractivity contribution is 5.73. The van der Waals surface area contributed by atoms with Crippen LogP contribution >= 0.6 is 0 Å². The normalized spacial score (nSPS) is 12.5. The van der Waals surface area contributed by atoms with E-state index >= 15 is 0 Å². The van der Waals surface area contributed by atoms with Crippen LogP contribution in [0.25, 0.3) is 0 Å². The number of hydrogen-bond acceptors (Lipinski definition) is 3. The Morgan fingerprint density at radius 2 is 1.84 bits per heavy atom. The first kappa shape index (κ1) is 18.9. The lowest BCUT2D eigenvalue weighted by Crippen LogP contribution is -2.38. The fraction of sp³-hybridized carbons (Fsp3) is 0.400. The van der Waals surface area contributed by atoms with Crippen LogP contribution in [0.3, 0.4) is 0 Å². The molecule has 0 fully saturated rings. The molecule has 0 radical (unpaired) electrons. The standard InChI is InChI=1S/C20H27N3O2/c1-20(2,3)16-9-7-15(8-10-16)18(24)14-23-19(25)22-13-11-17-6-4-5-12-21-17/h4-10,12,18,24H,11,13-14H2,1-3H3,(H2,22,23,25)/t18-/m1/s1. The van der Waals surface area contributed by atoms with Crippen LogP contribution in [0.1, 0.15) is 43.7 Å². The molecule has 1 heterocycles. The first-order chi connectivity index (χ1) is 11.9. The first-order valence-corrected chi connectivity index (χ1v) is 8.56. The Labute approximate surface area is 149 Å². The Hall–Kier alpha value is -2.40. The lowest BCUT2D eigenvalue weighted by Gasteiger charge is -2.20. The molecule has 0 unspecified atom stereocenters. The summed E-state index contributed by atoms with van der Waals surface area (Å²) in [6.07, 6.45) is 1.68. The van der Waals surface area contributed by atoms with E-state index in [9.17, 15) is 9.90 Å². The topological polar surface area (TPSA) is 74.2 Å². The predicted octanol–water partition coefficient (Wildman–Crippen LogP) is 2.95. The summed E-state index contributed by atoms with van der Waals surface area (Å²) in [5.74, 6) is 0. The third kappa shape index (κ3) is 6.19. The maximum Gasteiger partial charge on any atom is 0.314 e. The number of benzene rings is 1. The molecule has 0 aliphatic carbocycles. The van der Waals surface area contributed by atoms with E-state index in [1.807, 2.05) is 42.5 Å². The summed E-state index contributed by atoms with van der Waals surface area (Å²) in [6, 6.07) is 13.3. The second-order valence-electron chi connectivity index (χ2n) is 7.10. The number of aliphatic hydroxyl groups excluding tert-OH is 1. The average Bonchev–Trinajstić information content (AvgIpc) is 2.60. The molecule has 0 aliphatic rings. The molecule has 5 nitrogen and oxygen atoms in total. The van der Waals surface area contributed by atoms with Gasteiger partial charge in [-0.25, -0.2) is 4.79 Å². The van der Waals surface area contributed by atoms with E-state index in [1.165, 1.54) is 5.56 Å². The molecule has 0 saturated heterocycles. The van der Waals surface area contributed by atoms with Crippen molar-refractivity contribution in [3.05, 3.63) is 65.5 Å². The number of carbonyl (C=O) groups excluding carboxylic acids is 1. The van der Waals surface area contributed by atoms with E-state index < -0.39 is 6.10 Å². The molecular weight excluding hydrogens is 314 g/mol. The number of nitrogens with zero attached hydrogens (tertiary/aromatic N) is 1. The fourth-order valence-corrected chi connectivity index (χ4v) is 2.43. The number of pyridine rings is 1. The maximum absolute atomic E-state index is 11.8. The second kappa shape index (κ2) is 8.62. The Bertz CT molecular complexity index is 664. The molecule has 5 heteroatoms. The molecule has 1 atom stereocenters. The maximum atomic E-state index is 11.8. The van der Waals surface area contributed by atoms with Crippen molar-refractivity contribution in [1.29, 1.82) is 0 Å². The van der Waals surface area contributed by atoms with Gasteiger partial charge in [0, 0.05) is 31.4 Å². The Morgan fingerprint density at radius 1 is 1.12 bits per heavy atom. The van der Waals surface area contributed by atoms with Gasteiger partial charge < -0.3 is 15.7 Å². The van der Waals surface area contributed by atoms with Crippen molar-refractivity contribution in [2.45, 2.75) is 38.7 Å². The van der Waals surface area contributed by atoms with E-state index in [1.54, 1.807) is 6.20 Å². The van der Waals surface area contributed by atoms with Crippen molar-refractivity contribution in [2.75, 3.05) is 13.1 Å². The number of hydrogen-bond donors (Lipinski definition) is 3. The molecule has 25 heavy (non-hydrogen) atoms. The molecule has 0 spiro atoms. The molecule has 0 bridgehead atoms. The smallest absolute Gasteiger partial charge is 0.314 e. The zero-order chi connectivity index (χ0) is 18.3. The van der Waals surface area contributed by atoms with Gasteiger partial charge in [-0.1, -0.05) is 51.1 Å². The minimum absolute atomic E-state index is 0.0786. The number of urea groups is 1. The van der Waals surface area contributed by atoms with Crippen LogP contribution in [-0.2, 0) is 11.8 Å². The van der Waals surface area contributed by atoms with Crippen molar-refractivity contribution in [3.63, 3.8) is 0 Å². The average molecular weight is 341 g/mol. The summed E-state index contributed by atoms with van der Waals surface area (Å²) in [5, 5.41) is 15.7. The van der Waals surface area contributed by atoms with E-state index in [2.05, 4.69) is 36.4 Å². The minimum atomic E-state index is -0.726. The van der Waals surface area contributed by atoms with Crippen LogP contribution in [0.2, 0.25) is 0 Å². The minimum Gasteiger partial charge on any atom is -0.387 e. The Kier molecular flexibility index (Phi) is 6.53. The van der Waals surface area contributed by atoms with E-state index in [0.29, 0.717) is 13.0 Å². The molecule has 0 aliphatic heterocycles. The summed E-state index contributed by atoms with van der Waals surface area (Å²) in [5.41, 5.74) is 3.02. The molecule has 134 valence electrons.